The molecule has 28 heavy (non-hydrogen) atoms. The number of rotatable bonds is 10. The number of hydrogen-bond donors (Lipinski definition) is 6. The second-order valence-corrected chi connectivity index (χ2v) is 6.31. The van der Waals surface area contributed by atoms with Crippen molar-refractivity contribution < 1.29 is 33.9 Å². The minimum Gasteiger partial charge on any atom is -0.480 e. The number of amides is 5. The highest BCUT2D eigenvalue weighted by Crippen LogP contribution is 2.19. The molecule has 156 valence electrons. The summed E-state index contributed by atoms with van der Waals surface area (Å²) in [5.74, 6) is -5.24. The number of nitrogens with two attached hydrogens (primary N) is 3. The Balaban J connectivity index is 2.83. The summed E-state index contributed by atoms with van der Waals surface area (Å²) in [5.41, 5.74) is 15.7. The van der Waals surface area contributed by atoms with Crippen molar-refractivity contribution in [2.24, 2.45) is 17.2 Å². The van der Waals surface area contributed by atoms with Gasteiger partial charge < -0.3 is 37.8 Å². The van der Waals surface area contributed by atoms with Crippen LogP contribution in [0.25, 0.3) is 0 Å². The molecular weight excluding hydrogens is 376 g/mol. The van der Waals surface area contributed by atoms with Gasteiger partial charge in [-0.3, -0.25) is 28.8 Å². The molecule has 3 atom stereocenters. The monoisotopic (exact) mass is 400 g/mol. The van der Waals surface area contributed by atoms with Gasteiger partial charge in [0.1, 0.15) is 18.6 Å². The Morgan fingerprint density at radius 1 is 1.07 bits per heavy atom. The molecule has 0 aromatic carbocycles. The van der Waals surface area contributed by atoms with Gasteiger partial charge in [-0.2, -0.15) is 0 Å². The van der Waals surface area contributed by atoms with E-state index in [1.807, 2.05) is 5.32 Å². The SMILES string of the molecule is NC(=O)CC(N)C(=O)N1CCCC1C(=O)NC(CC(N)=O)C(=O)NCC(=O)O. The Morgan fingerprint density at radius 3 is 2.21 bits per heavy atom. The van der Waals surface area contributed by atoms with Crippen LogP contribution in [0.5, 0.6) is 0 Å². The Bertz CT molecular complexity index is 667. The molecule has 9 N–H and O–H groups in total. The maximum absolute atomic E-state index is 12.6. The Labute approximate surface area is 159 Å². The molecule has 1 rings (SSSR count). The number of carbonyl (C=O) groups excluding carboxylic acids is 5. The zero-order valence-corrected chi connectivity index (χ0v) is 15.1. The molecule has 1 aliphatic rings. The van der Waals surface area contributed by atoms with Crippen molar-refractivity contribution in [3.8, 4) is 0 Å². The number of nitrogens with one attached hydrogen (secondary N) is 2. The van der Waals surface area contributed by atoms with Gasteiger partial charge in [0.2, 0.25) is 29.5 Å². The predicted octanol–water partition coefficient (Wildman–Crippen LogP) is -4.26. The third kappa shape index (κ3) is 6.83. The fourth-order valence-electron chi connectivity index (χ4n) is 2.78. The first-order valence-corrected chi connectivity index (χ1v) is 8.45. The molecule has 0 aromatic rings. The van der Waals surface area contributed by atoms with Crippen LogP contribution in [0.3, 0.4) is 0 Å². The summed E-state index contributed by atoms with van der Waals surface area (Å²) in [6.45, 7) is -0.491. The lowest BCUT2D eigenvalue weighted by Crippen LogP contribution is -2.56. The fourth-order valence-corrected chi connectivity index (χ4v) is 2.78. The van der Waals surface area contributed by atoms with Crippen LogP contribution in [-0.2, 0) is 28.8 Å². The van der Waals surface area contributed by atoms with Gasteiger partial charge in [0.15, 0.2) is 0 Å². The highest BCUT2D eigenvalue weighted by molar-refractivity contribution is 5.96. The standard InChI is InChI=1S/C15H24N6O7/c16-7(4-10(17)22)15(28)21-3-1-2-9(21)14(27)20-8(5-11(18)23)13(26)19-6-12(24)25/h7-9H,1-6,16H2,(H2,17,22)(H2,18,23)(H,19,26)(H,20,27)(H,24,25). The summed E-state index contributed by atoms with van der Waals surface area (Å²) in [7, 11) is 0. The number of likely N-dealkylation sites (tertiary alicyclic amines) is 1. The van der Waals surface area contributed by atoms with Crippen molar-refractivity contribution in [2.45, 2.75) is 43.8 Å². The van der Waals surface area contributed by atoms with Crippen molar-refractivity contribution >= 4 is 35.5 Å². The number of carboxylic acids is 1. The van der Waals surface area contributed by atoms with Crippen LogP contribution in [0.4, 0.5) is 0 Å². The van der Waals surface area contributed by atoms with Crippen LogP contribution in [0.1, 0.15) is 25.7 Å². The first-order chi connectivity index (χ1) is 13.0. The van der Waals surface area contributed by atoms with Crippen LogP contribution in [0.15, 0.2) is 0 Å². The molecular formula is C15H24N6O7. The largest absolute Gasteiger partial charge is 0.480 e. The fraction of sp³-hybridized carbons (Fsp3) is 0.600. The second-order valence-electron chi connectivity index (χ2n) is 6.31. The lowest BCUT2D eigenvalue weighted by molar-refractivity contribution is -0.141. The minimum absolute atomic E-state index is 0.217. The van der Waals surface area contributed by atoms with E-state index in [0.717, 1.165) is 0 Å². The molecule has 0 bridgehead atoms. The van der Waals surface area contributed by atoms with E-state index in [1.54, 1.807) is 0 Å². The van der Waals surface area contributed by atoms with E-state index in [0.29, 0.717) is 6.42 Å². The molecule has 1 saturated heterocycles. The van der Waals surface area contributed by atoms with Crippen molar-refractivity contribution in [2.75, 3.05) is 13.1 Å². The summed E-state index contributed by atoms with van der Waals surface area (Å²) in [5, 5.41) is 13.0. The number of nitrogens with zero attached hydrogens (tertiary/aromatic N) is 1. The molecule has 13 nitrogen and oxygen atoms in total. The van der Waals surface area contributed by atoms with Gasteiger partial charge in [-0.15, -0.1) is 0 Å². The number of carboxylic acid groups (broad SMARTS) is 1. The van der Waals surface area contributed by atoms with Gasteiger partial charge in [-0.05, 0) is 12.8 Å². The Kier molecular flexibility index (Phi) is 8.31. The molecule has 0 radical (unpaired) electrons. The predicted molar refractivity (Wildman–Crippen MR) is 92.9 cm³/mol. The van der Waals surface area contributed by atoms with Crippen LogP contribution in [0, 0.1) is 0 Å². The van der Waals surface area contributed by atoms with Crippen LogP contribution >= 0.6 is 0 Å². The molecule has 1 fully saturated rings. The smallest absolute Gasteiger partial charge is 0.322 e. The van der Waals surface area contributed by atoms with Crippen LogP contribution in [-0.4, -0.2) is 76.7 Å². The molecule has 0 saturated carbocycles. The van der Waals surface area contributed by atoms with Crippen LogP contribution in [0.2, 0.25) is 0 Å². The van der Waals surface area contributed by atoms with Crippen molar-refractivity contribution in [3.05, 3.63) is 0 Å². The highest BCUT2D eigenvalue weighted by Gasteiger charge is 2.38. The molecule has 1 aliphatic heterocycles. The lowest BCUT2D eigenvalue weighted by Gasteiger charge is -2.27. The topological polar surface area (TPSA) is 228 Å². The molecule has 5 amide bonds. The number of carbonyl (C=O) groups is 6. The van der Waals surface area contributed by atoms with Crippen LogP contribution < -0.4 is 27.8 Å². The summed E-state index contributed by atoms with van der Waals surface area (Å²) in [4.78, 5) is 70.8. The van der Waals surface area contributed by atoms with E-state index in [9.17, 15) is 28.8 Å². The highest BCUT2D eigenvalue weighted by atomic mass is 16.4. The lowest BCUT2D eigenvalue weighted by atomic mass is 10.1. The maximum atomic E-state index is 12.6. The zero-order chi connectivity index (χ0) is 21.4. The molecule has 0 aromatic heterocycles. The van der Waals surface area contributed by atoms with Gasteiger partial charge in [0.25, 0.3) is 0 Å². The maximum Gasteiger partial charge on any atom is 0.322 e. The zero-order valence-electron chi connectivity index (χ0n) is 15.1. The normalized spacial score (nSPS) is 18.0. The van der Waals surface area contributed by atoms with Crippen molar-refractivity contribution in [1.82, 2.24) is 15.5 Å². The number of aliphatic carboxylic acids is 1. The molecule has 13 heteroatoms. The second kappa shape index (κ2) is 10.2. The molecule has 1 heterocycles. The van der Waals surface area contributed by atoms with E-state index in [2.05, 4.69) is 5.32 Å². The minimum atomic E-state index is -1.40. The Hall–Kier alpha value is -3.22. The Morgan fingerprint density at radius 2 is 1.68 bits per heavy atom. The van der Waals surface area contributed by atoms with Crippen molar-refractivity contribution in [1.29, 1.82) is 0 Å². The summed E-state index contributed by atoms with van der Waals surface area (Å²) in [6.07, 6.45) is -0.176. The van der Waals surface area contributed by atoms with E-state index < -0.39 is 66.6 Å². The van der Waals surface area contributed by atoms with Gasteiger partial charge >= 0.3 is 5.97 Å². The van der Waals surface area contributed by atoms with E-state index in [-0.39, 0.29) is 19.4 Å². The molecule has 0 spiro atoms. The number of primary amides is 2. The van der Waals surface area contributed by atoms with E-state index in [1.165, 1.54) is 4.90 Å². The average molecular weight is 400 g/mol. The molecule has 0 aliphatic carbocycles. The quantitative estimate of drug-likeness (QED) is 0.210. The average Bonchev–Trinajstić information content (AvgIpc) is 3.06. The van der Waals surface area contributed by atoms with E-state index in [4.69, 9.17) is 22.3 Å². The van der Waals surface area contributed by atoms with Gasteiger partial charge in [0, 0.05) is 6.54 Å². The van der Waals surface area contributed by atoms with Crippen molar-refractivity contribution in [3.63, 3.8) is 0 Å². The first-order valence-electron chi connectivity index (χ1n) is 8.45. The summed E-state index contributed by atoms with van der Waals surface area (Å²) >= 11 is 0. The van der Waals surface area contributed by atoms with Gasteiger partial charge in [0.05, 0.1) is 18.9 Å². The number of hydrogen-bond acceptors (Lipinski definition) is 7. The third-order valence-corrected chi connectivity index (χ3v) is 4.03. The first kappa shape index (κ1) is 22.8. The van der Waals surface area contributed by atoms with Gasteiger partial charge in [-0.25, -0.2) is 0 Å². The van der Waals surface area contributed by atoms with Gasteiger partial charge in [-0.1, -0.05) is 0 Å². The summed E-state index contributed by atoms with van der Waals surface area (Å²) < 4.78 is 0. The summed E-state index contributed by atoms with van der Waals surface area (Å²) in [6, 6.07) is -3.57. The van der Waals surface area contributed by atoms with E-state index >= 15 is 0 Å². The third-order valence-electron chi connectivity index (χ3n) is 4.03. The molecule has 3 unspecified atom stereocenters.